The van der Waals surface area contributed by atoms with Crippen LogP contribution in [0.2, 0.25) is 0 Å². The molecule has 0 radical (unpaired) electrons. The van der Waals surface area contributed by atoms with Crippen LogP contribution in [0.15, 0.2) is 12.1 Å². The van der Waals surface area contributed by atoms with Crippen LogP contribution >= 0.6 is 0 Å². The second-order valence-electron chi connectivity index (χ2n) is 4.77. The minimum Gasteiger partial charge on any atom is -0.310 e. The molecule has 0 atom stereocenters. The molecule has 1 nitrogen and oxygen atoms in total. The van der Waals surface area contributed by atoms with Crippen LogP contribution in [0.4, 0.5) is 8.78 Å². The minimum atomic E-state index is -0.421. The monoisotopic (exact) mass is 225 g/mol. The first-order valence-electron chi connectivity index (χ1n) is 5.79. The van der Waals surface area contributed by atoms with Crippen LogP contribution in [0.5, 0.6) is 0 Å². The number of hydrogen-bond donors (Lipinski definition) is 1. The van der Waals surface area contributed by atoms with Gasteiger partial charge in [-0.05, 0) is 36.5 Å². The lowest BCUT2D eigenvalue weighted by Gasteiger charge is -2.11. The predicted octanol–water partition coefficient (Wildman–Crippen LogP) is 3.34. The second kappa shape index (κ2) is 4.50. The molecule has 88 valence electrons. The van der Waals surface area contributed by atoms with E-state index in [1.54, 1.807) is 0 Å². The third-order valence-corrected chi connectivity index (χ3v) is 2.90. The predicted molar refractivity (Wildman–Crippen MR) is 60.3 cm³/mol. The molecule has 1 aliphatic carbocycles. The zero-order valence-electron chi connectivity index (χ0n) is 9.69. The Morgan fingerprint density at radius 3 is 2.25 bits per heavy atom. The Kier molecular flexibility index (Phi) is 3.24. The smallest absolute Gasteiger partial charge is 0.130 e. The highest BCUT2D eigenvalue weighted by Gasteiger charge is 2.25. The van der Waals surface area contributed by atoms with Gasteiger partial charge < -0.3 is 5.32 Å². The van der Waals surface area contributed by atoms with E-state index >= 15 is 0 Å². The zero-order valence-corrected chi connectivity index (χ0v) is 9.69. The summed E-state index contributed by atoms with van der Waals surface area (Å²) in [4.78, 5) is 0. The lowest BCUT2D eigenvalue weighted by Crippen LogP contribution is -2.23. The Labute approximate surface area is 94.9 Å². The molecule has 0 amide bonds. The van der Waals surface area contributed by atoms with Crippen LogP contribution in [0.1, 0.15) is 43.7 Å². The van der Waals surface area contributed by atoms with E-state index in [1.807, 2.05) is 13.8 Å². The van der Waals surface area contributed by atoms with Gasteiger partial charge >= 0.3 is 0 Å². The van der Waals surface area contributed by atoms with Gasteiger partial charge in [0.05, 0.1) is 0 Å². The molecule has 1 fully saturated rings. The van der Waals surface area contributed by atoms with Gasteiger partial charge in [0.2, 0.25) is 0 Å². The summed E-state index contributed by atoms with van der Waals surface area (Å²) >= 11 is 0. The highest BCUT2D eigenvalue weighted by Crippen LogP contribution is 2.40. The second-order valence-corrected chi connectivity index (χ2v) is 4.77. The average Bonchev–Trinajstić information content (AvgIpc) is 2.98. The van der Waals surface area contributed by atoms with Crippen molar-refractivity contribution in [1.29, 1.82) is 0 Å². The third kappa shape index (κ3) is 2.59. The molecule has 2 rings (SSSR count). The van der Waals surface area contributed by atoms with Crippen molar-refractivity contribution in [1.82, 2.24) is 5.32 Å². The van der Waals surface area contributed by atoms with Gasteiger partial charge in [0.1, 0.15) is 11.6 Å². The highest BCUT2D eigenvalue weighted by atomic mass is 19.1. The molecule has 0 saturated heterocycles. The van der Waals surface area contributed by atoms with Crippen molar-refractivity contribution in [2.24, 2.45) is 0 Å². The number of rotatable bonds is 4. The van der Waals surface area contributed by atoms with Crippen molar-refractivity contribution in [3.8, 4) is 0 Å². The Balaban J connectivity index is 2.17. The summed E-state index contributed by atoms with van der Waals surface area (Å²) in [5, 5.41) is 3.03. The van der Waals surface area contributed by atoms with Gasteiger partial charge in [-0.2, -0.15) is 0 Å². The largest absolute Gasteiger partial charge is 0.310 e. The normalized spacial score (nSPS) is 15.8. The first kappa shape index (κ1) is 11.5. The van der Waals surface area contributed by atoms with E-state index in [1.165, 1.54) is 12.1 Å². The molecule has 0 aliphatic heterocycles. The molecular formula is C13H17F2N. The van der Waals surface area contributed by atoms with Crippen LogP contribution < -0.4 is 5.32 Å². The summed E-state index contributed by atoms with van der Waals surface area (Å²) in [5.41, 5.74) is 0.960. The fourth-order valence-electron chi connectivity index (χ4n) is 1.75. The maximum Gasteiger partial charge on any atom is 0.130 e. The summed E-state index contributed by atoms with van der Waals surface area (Å²) in [5.74, 6) is -0.457. The summed E-state index contributed by atoms with van der Waals surface area (Å²) in [6.45, 7) is 4.16. The van der Waals surface area contributed by atoms with E-state index in [4.69, 9.17) is 0 Å². The Morgan fingerprint density at radius 2 is 1.81 bits per heavy atom. The maximum atomic E-state index is 13.7. The van der Waals surface area contributed by atoms with Crippen LogP contribution in [-0.4, -0.2) is 6.04 Å². The van der Waals surface area contributed by atoms with Crippen molar-refractivity contribution in [2.75, 3.05) is 0 Å². The van der Waals surface area contributed by atoms with E-state index in [0.29, 0.717) is 5.92 Å². The van der Waals surface area contributed by atoms with Gasteiger partial charge in [0.15, 0.2) is 0 Å². The lowest BCUT2D eigenvalue weighted by molar-refractivity contribution is 0.513. The van der Waals surface area contributed by atoms with E-state index in [-0.39, 0.29) is 18.2 Å². The SMILES string of the molecule is CC(C)NCc1c(F)cc(C2CC2)cc1F. The number of nitrogens with one attached hydrogen (secondary N) is 1. The molecule has 0 spiro atoms. The quantitative estimate of drug-likeness (QED) is 0.828. The van der Waals surface area contributed by atoms with Crippen LogP contribution in [0.25, 0.3) is 0 Å². The van der Waals surface area contributed by atoms with Crippen molar-refractivity contribution in [3.05, 3.63) is 34.9 Å². The van der Waals surface area contributed by atoms with Crippen molar-refractivity contribution < 1.29 is 8.78 Å². The molecule has 1 aromatic rings. The number of benzene rings is 1. The topological polar surface area (TPSA) is 12.0 Å². The zero-order chi connectivity index (χ0) is 11.7. The first-order valence-corrected chi connectivity index (χ1v) is 5.79. The standard InChI is InChI=1S/C13H17F2N/c1-8(2)16-7-11-12(14)5-10(6-13(11)15)9-3-4-9/h5-6,8-9,16H,3-4,7H2,1-2H3. The molecule has 16 heavy (non-hydrogen) atoms. The molecule has 0 aromatic heterocycles. The summed E-state index contributed by atoms with van der Waals surface area (Å²) in [7, 11) is 0. The van der Waals surface area contributed by atoms with Crippen LogP contribution in [0.3, 0.4) is 0 Å². The molecule has 3 heteroatoms. The summed E-state index contributed by atoms with van der Waals surface area (Å²) in [6, 6.07) is 3.19. The lowest BCUT2D eigenvalue weighted by atomic mass is 10.1. The number of hydrogen-bond acceptors (Lipinski definition) is 1. The first-order chi connectivity index (χ1) is 7.58. The van der Waals surface area contributed by atoms with Crippen LogP contribution in [-0.2, 0) is 6.54 Å². The maximum absolute atomic E-state index is 13.7. The van der Waals surface area contributed by atoms with Gasteiger partial charge in [-0.1, -0.05) is 13.8 Å². The van der Waals surface area contributed by atoms with Gasteiger partial charge in [0, 0.05) is 18.2 Å². The van der Waals surface area contributed by atoms with E-state index < -0.39 is 11.6 Å². The van der Waals surface area contributed by atoms with Gasteiger partial charge in [-0.15, -0.1) is 0 Å². The molecule has 1 saturated carbocycles. The molecule has 1 aromatic carbocycles. The van der Waals surface area contributed by atoms with Crippen molar-refractivity contribution in [2.45, 2.75) is 45.2 Å². The summed E-state index contributed by atoms with van der Waals surface area (Å²) < 4.78 is 27.3. The molecule has 1 aliphatic rings. The van der Waals surface area contributed by atoms with E-state index in [2.05, 4.69) is 5.32 Å². The molecule has 0 unspecified atom stereocenters. The number of halogens is 2. The Bertz CT molecular complexity index is 361. The third-order valence-electron chi connectivity index (χ3n) is 2.90. The Morgan fingerprint density at radius 1 is 1.25 bits per heavy atom. The molecule has 1 N–H and O–H groups in total. The van der Waals surface area contributed by atoms with Gasteiger partial charge in [0.25, 0.3) is 0 Å². The van der Waals surface area contributed by atoms with Gasteiger partial charge in [-0.3, -0.25) is 0 Å². The fourth-order valence-corrected chi connectivity index (χ4v) is 1.75. The van der Waals surface area contributed by atoms with Crippen molar-refractivity contribution >= 4 is 0 Å². The highest BCUT2D eigenvalue weighted by molar-refractivity contribution is 5.30. The molecular weight excluding hydrogens is 208 g/mol. The van der Waals surface area contributed by atoms with Crippen molar-refractivity contribution in [3.63, 3.8) is 0 Å². The Hall–Kier alpha value is -0.960. The fraction of sp³-hybridized carbons (Fsp3) is 0.538. The molecule has 0 heterocycles. The van der Waals surface area contributed by atoms with E-state index in [0.717, 1.165) is 18.4 Å². The molecule has 0 bridgehead atoms. The van der Waals surface area contributed by atoms with Gasteiger partial charge in [-0.25, -0.2) is 8.78 Å². The minimum absolute atomic E-state index is 0.151. The summed E-state index contributed by atoms with van der Waals surface area (Å²) in [6.07, 6.45) is 2.12. The van der Waals surface area contributed by atoms with Crippen LogP contribution in [0, 0.1) is 11.6 Å². The van der Waals surface area contributed by atoms with E-state index in [9.17, 15) is 8.78 Å². The average molecular weight is 225 g/mol.